The van der Waals surface area contributed by atoms with Crippen LogP contribution < -0.4 is 0 Å². The molecule has 0 spiro atoms. The Hall–Kier alpha value is -0.240. The molecule has 13 heavy (non-hydrogen) atoms. The largest absolute Gasteiger partial charge is 0.394 e. The van der Waals surface area contributed by atoms with Crippen LogP contribution in [-0.4, -0.2) is 61.8 Å². The zero-order valence-electron chi connectivity index (χ0n) is 6.54. The monoisotopic (exact) mass is 214 g/mol. The summed E-state index contributed by atoms with van der Waals surface area (Å²) in [7, 11) is 0. The fraction of sp³-hybridized carbons (Fsp3) is 0.833. The highest BCUT2D eigenvalue weighted by molar-refractivity contribution is 6.64. The van der Waals surface area contributed by atoms with Crippen molar-refractivity contribution in [2.45, 2.75) is 24.4 Å². The van der Waals surface area contributed by atoms with Gasteiger partial charge >= 0.3 is 0 Å². The summed E-state index contributed by atoms with van der Waals surface area (Å²) in [4.78, 5) is 10.3. The second kappa shape index (κ2) is 5.48. The van der Waals surface area contributed by atoms with Gasteiger partial charge in [0.1, 0.15) is 18.3 Å². The lowest BCUT2D eigenvalue weighted by molar-refractivity contribution is -0.140. The summed E-state index contributed by atoms with van der Waals surface area (Å²) in [6, 6.07) is 0. The minimum atomic E-state index is -1.99. The molecule has 0 saturated heterocycles. The first-order chi connectivity index (χ1) is 5.91. The van der Waals surface area contributed by atoms with Gasteiger partial charge in [-0.05, 0) is 11.6 Å². The van der Waals surface area contributed by atoms with E-state index in [1.54, 1.807) is 0 Å². The number of halogens is 1. The number of rotatable bonds is 5. The zero-order valence-corrected chi connectivity index (χ0v) is 7.29. The van der Waals surface area contributed by atoms with Crippen LogP contribution in [0.5, 0.6) is 0 Å². The van der Waals surface area contributed by atoms with Gasteiger partial charge in [-0.25, -0.2) is 0 Å². The predicted molar refractivity (Wildman–Crippen MR) is 42.0 cm³/mol. The molecule has 0 aliphatic carbocycles. The van der Waals surface area contributed by atoms with Crippen molar-refractivity contribution in [3.8, 4) is 0 Å². The molecule has 6 nitrogen and oxygen atoms in total. The maximum atomic E-state index is 10.3. The minimum Gasteiger partial charge on any atom is -0.394 e. The van der Waals surface area contributed by atoms with Gasteiger partial charge in [-0.3, -0.25) is 4.79 Å². The summed E-state index contributed by atoms with van der Waals surface area (Å²) in [6.45, 7) is -0.804. The standard InChI is InChI=1S/C6H11ClO6/c7-6(13)5(12)4(11)3(10)2(9)1-8/h2-5,8-12H,1H2/t2-,3-,4-,5-/m1/s1. The average molecular weight is 215 g/mol. The molecule has 0 aromatic carbocycles. The number of carbonyl (C=O) groups is 1. The van der Waals surface area contributed by atoms with E-state index in [0.29, 0.717) is 0 Å². The zero-order chi connectivity index (χ0) is 10.6. The molecular weight excluding hydrogens is 204 g/mol. The maximum absolute atomic E-state index is 10.3. The van der Waals surface area contributed by atoms with Gasteiger partial charge in [0, 0.05) is 0 Å². The smallest absolute Gasteiger partial charge is 0.253 e. The Morgan fingerprint density at radius 2 is 1.62 bits per heavy atom. The first-order valence-corrected chi connectivity index (χ1v) is 3.82. The van der Waals surface area contributed by atoms with E-state index in [4.69, 9.17) is 37.1 Å². The quantitative estimate of drug-likeness (QED) is 0.315. The Kier molecular flexibility index (Phi) is 5.38. The fourth-order valence-electron chi connectivity index (χ4n) is 0.657. The van der Waals surface area contributed by atoms with Crippen molar-refractivity contribution in [2.24, 2.45) is 0 Å². The Balaban J connectivity index is 4.24. The van der Waals surface area contributed by atoms with Crippen molar-refractivity contribution in [3.63, 3.8) is 0 Å². The molecular formula is C6H11ClO6. The minimum absolute atomic E-state index is 0.804. The van der Waals surface area contributed by atoms with Crippen molar-refractivity contribution < 1.29 is 30.3 Å². The van der Waals surface area contributed by atoms with Crippen LogP contribution in [0, 0.1) is 0 Å². The van der Waals surface area contributed by atoms with Gasteiger partial charge in [0.15, 0.2) is 6.10 Å². The molecule has 0 bridgehead atoms. The van der Waals surface area contributed by atoms with E-state index in [0.717, 1.165) is 0 Å². The molecule has 0 unspecified atom stereocenters. The van der Waals surface area contributed by atoms with E-state index in [1.807, 2.05) is 0 Å². The highest BCUT2D eigenvalue weighted by Crippen LogP contribution is 2.07. The van der Waals surface area contributed by atoms with Crippen LogP contribution in [0.15, 0.2) is 0 Å². The number of carbonyl (C=O) groups excluding carboxylic acids is 1. The molecule has 0 amide bonds. The van der Waals surface area contributed by atoms with Crippen molar-refractivity contribution in [1.82, 2.24) is 0 Å². The fourth-order valence-corrected chi connectivity index (χ4v) is 0.786. The molecule has 4 atom stereocenters. The Morgan fingerprint density at radius 1 is 1.15 bits per heavy atom. The van der Waals surface area contributed by atoms with E-state index < -0.39 is 36.3 Å². The van der Waals surface area contributed by atoms with Crippen molar-refractivity contribution in [3.05, 3.63) is 0 Å². The lowest BCUT2D eigenvalue weighted by atomic mass is 10.0. The van der Waals surface area contributed by atoms with E-state index in [9.17, 15) is 4.79 Å². The van der Waals surface area contributed by atoms with Gasteiger partial charge < -0.3 is 25.5 Å². The van der Waals surface area contributed by atoms with Gasteiger partial charge in [-0.1, -0.05) is 0 Å². The van der Waals surface area contributed by atoms with Crippen LogP contribution in [-0.2, 0) is 4.79 Å². The Bertz CT molecular complexity index is 175. The van der Waals surface area contributed by atoms with Crippen molar-refractivity contribution >= 4 is 16.8 Å². The SMILES string of the molecule is O=C(Cl)[C@H](O)[C@H](O)[C@H](O)[C@H](O)CO. The lowest BCUT2D eigenvalue weighted by Crippen LogP contribution is -2.47. The van der Waals surface area contributed by atoms with Gasteiger partial charge in [0.2, 0.25) is 0 Å². The third kappa shape index (κ3) is 3.55. The van der Waals surface area contributed by atoms with Crippen LogP contribution in [0.4, 0.5) is 0 Å². The van der Waals surface area contributed by atoms with Gasteiger partial charge in [-0.15, -0.1) is 0 Å². The summed E-state index contributed by atoms with van der Waals surface area (Å²) in [5.41, 5.74) is 0. The normalized spacial score (nSPS) is 20.5. The predicted octanol–water partition coefficient (Wildman–Crippen LogP) is -2.81. The van der Waals surface area contributed by atoms with Crippen LogP contribution in [0.3, 0.4) is 0 Å². The van der Waals surface area contributed by atoms with Crippen molar-refractivity contribution in [2.75, 3.05) is 6.61 Å². The number of aliphatic hydroxyl groups is 5. The molecule has 78 valence electrons. The molecule has 0 radical (unpaired) electrons. The van der Waals surface area contributed by atoms with E-state index in [-0.39, 0.29) is 0 Å². The highest BCUT2D eigenvalue weighted by Gasteiger charge is 2.33. The third-order valence-corrected chi connectivity index (χ3v) is 1.71. The molecule has 0 saturated carbocycles. The van der Waals surface area contributed by atoms with Gasteiger partial charge in [-0.2, -0.15) is 0 Å². The van der Waals surface area contributed by atoms with Crippen LogP contribution in [0.2, 0.25) is 0 Å². The van der Waals surface area contributed by atoms with Crippen molar-refractivity contribution in [1.29, 1.82) is 0 Å². The summed E-state index contributed by atoms with van der Waals surface area (Å²) < 4.78 is 0. The summed E-state index contributed by atoms with van der Waals surface area (Å²) in [5, 5.41) is 42.7. The van der Waals surface area contributed by atoms with E-state index in [2.05, 4.69) is 0 Å². The molecule has 0 aliphatic heterocycles. The number of aliphatic hydroxyl groups excluding tert-OH is 5. The first-order valence-electron chi connectivity index (χ1n) is 3.44. The molecule has 0 aromatic rings. The summed E-state index contributed by atoms with van der Waals surface area (Å²) in [6.07, 6.45) is -7.38. The second-order valence-electron chi connectivity index (χ2n) is 2.48. The van der Waals surface area contributed by atoms with Crippen LogP contribution in [0.25, 0.3) is 0 Å². The molecule has 0 aromatic heterocycles. The van der Waals surface area contributed by atoms with Gasteiger partial charge in [0.25, 0.3) is 5.24 Å². The van der Waals surface area contributed by atoms with E-state index >= 15 is 0 Å². The third-order valence-electron chi connectivity index (χ3n) is 1.49. The lowest BCUT2D eigenvalue weighted by Gasteiger charge is -2.23. The topological polar surface area (TPSA) is 118 Å². The summed E-state index contributed by atoms with van der Waals surface area (Å²) in [5.74, 6) is 0. The van der Waals surface area contributed by atoms with Crippen LogP contribution >= 0.6 is 11.6 Å². The number of hydrogen-bond acceptors (Lipinski definition) is 6. The second-order valence-corrected chi connectivity index (χ2v) is 2.85. The average Bonchev–Trinajstić information content (AvgIpc) is 2.12. The van der Waals surface area contributed by atoms with E-state index in [1.165, 1.54) is 0 Å². The molecule has 0 aliphatic rings. The van der Waals surface area contributed by atoms with Crippen LogP contribution in [0.1, 0.15) is 0 Å². The molecule has 0 heterocycles. The Labute approximate surface area is 79.0 Å². The Morgan fingerprint density at radius 3 is 1.92 bits per heavy atom. The molecule has 5 N–H and O–H groups in total. The van der Waals surface area contributed by atoms with Gasteiger partial charge in [0.05, 0.1) is 6.61 Å². The molecule has 7 heteroatoms. The molecule has 0 rings (SSSR count). The molecule has 0 fully saturated rings. The first kappa shape index (κ1) is 12.8. The highest BCUT2D eigenvalue weighted by atomic mass is 35.5. The number of hydrogen-bond donors (Lipinski definition) is 5. The maximum Gasteiger partial charge on any atom is 0.253 e. The summed E-state index contributed by atoms with van der Waals surface area (Å²) >= 11 is 4.81.